The van der Waals surface area contributed by atoms with Gasteiger partial charge in [0.2, 0.25) is 10.0 Å². The van der Waals surface area contributed by atoms with Gasteiger partial charge in [-0.1, -0.05) is 12.1 Å². The van der Waals surface area contributed by atoms with E-state index >= 15 is 0 Å². The molecule has 1 aliphatic rings. The Labute approximate surface area is 188 Å². The first-order valence-corrected chi connectivity index (χ1v) is 11.7. The molecule has 32 heavy (non-hydrogen) atoms. The van der Waals surface area contributed by atoms with Gasteiger partial charge in [-0.05, 0) is 56.1 Å². The molecule has 2 aromatic carbocycles. The van der Waals surface area contributed by atoms with Crippen molar-refractivity contribution in [1.29, 1.82) is 0 Å². The van der Waals surface area contributed by atoms with Crippen LogP contribution in [0.3, 0.4) is 0 Å². The molecule has 174 valence electrons. The Balaban J connectivity index is 1.56. The van der Waals surface area contributed by atoms with Crippen LogP contribution >= 0.6 is 0 Å². The number of ether oxygens (including phenoxy) is 1. The summed E-state index contributed by atoms with van der Waals surface area (Å²) in [7, 11) is 1.79. The van der Waals surface area contributed by atoms with Crippen LogP contribution in [0.15, 0.2) is 53.4 Å². The molecule has 0 unspecified atom stereocenters. The Kier molecular flexibility index (Phi) is 7.70. The standard InChI is InChI=1S/C22H29FN4O4S/c1-25(2)21(17-4-8-19(31-3)9-5-17)16-24-22(28)26-12-14-27(15-13-26)32(29,30)20-10-6-18(23)7-11-20/h4-11,21H,12-16H2,1-3H3,(H,24,28)/t21-/m0/s1. The van der Waals surface area contributed by atoms with E-state index < -0.39 is 15.8 Å². The number of hydrogen-bond acceptors (Lipinski definition) is 5. The molecule has 0 saturated carbocycles. The van der Waals surface area contributed by atoms with Crippen LogP contribution in [0.5, 0.6) is 5.75 Å². The van der Waals surface area contributed by atoms with Crippen LogP contribution in [0.2, 0.25) is 0 Å². The van der Waals surface area contributed by atoms with E-state index in [4.69, 9.17) is 4.74 Å². The summed E-state index contributed by atoms with van der Waals surface area (Å²) in [6.45, 7) is 1.33. The smallest absolute Gasteiger partial charge is 0.317 e. The van der Waals surface area contributed by atoms with E-state index in [2.05, 4.69) is 5.32 Å². The van der Waals surface area contributed by atoms with Crippen molar-refractivity contribution in [3.63, 3.8) is 0 Å². The molecule has 1 fully saturated rings. The summed E-state index contributed by atoms with van der Waals surface area (Å²) in [4.78, 5) is 16.4. The van der Waals surface area contributed by atoms with E-state index in [0.29, 0.717) is 6.54 Å². The molecule has 1 aliphatic heterocycles. The first-order chi connectivity index (χ1) is 15.2. The summed E-state index contributed by atoms with van der Waals surface area (Å²) in [5.74, 6) is 0.278. The van der Waals surface area contributed by atoms with Crippen LogP contribution in [0.25, 0.3) is 0 Å². The van der Waals surface area contributed by atoms with Crippen molar-refractivity contribution >= 4 is 16.1 Å². The van der Waals surface area contributed by atoms with Gasteiger partial charge in [0.15, 0.2) is 0 Å². The number of nitrogens with zero attached hydrogens (tertiary/aromatic N) is 3. The summed E-state index contributed by atoms with van der Waals surface area (Å²) in [5.41, 5.74) is 1.05. The van der Waals surface area contributed by atoms with Crippen LogP contribution in [-0.2, 0) is 10.0 Å². The number of piperazine rings is 1. The van der Waals surface area contributed by atoms with Gasteiger partial charge in [0.1, 0.15) is 11.6 Å². The maximum absolute atomic E-state index is 13.1. The predicted molar refractivity (Wildman–Crippen MR) is 120 cm³/mol. The van der Waals surface area contributed by atoms with Crippen molar-refractivity contribution in [1.82, 2.24) is 19.4 Å². The first-order valence-electron chi connectivity index (χ1n) is 10.3. The van der Waals surface area contributed by atoms with Gasteiger partial charge in [0, 0.05) is 32.7 Å². The molecule has 1 N–H and O–H groups in total. The highest BCUT2D eigenvalue weighted by Gasteiger charge is 2.30. The zero-order valence-corrected chi connectivity index (χ0v) is 19.3. The second-order valence-corrected chi connectivity index (χ2v) is 9.72. The molecule has 0 spiro atoms. The van der Waals surface area contributed by atoms with Crippen LogP contribution in [0.4, 0.5) is 9.18 Å². The number of urea groups is 1. The van der Waals surface area contributed by atoms with Crippen molar-refractivity contribution in [3.8, 4) is 5.75 Å². The number of sulfonamides is 1. The lowest BCUT2D eigenvalue weighted by atomic mass is 10.1. The number of likely N-dealkylation sites (N-methyl/N-ethyl adjacent to an activating group) is 1. The molecule has 3 rings (SSSR count). The molecule has 0 aliphatic carbocycles. The van der Waals surface area contributed by atoms with Crippen molar-refractivity contribution < 1.29 is 22.3 Å². The van der Waals surface area contributed by atoms with Gasteiger partial charge in [0.25, 0.3) is 0 Å². The molecule has 8 nitrogen and oxygen atoms in total. The summed E-state index contributed by atoms with van der Waals surface area (Å²) in [6, 6.07) is 12.2. The quantitative estimate of drug-likeness (QED) is 0.679. The molecular formula is C22H29FN4O4S. The zero-order valence-electron chi connectivity index (χ0n) is 18.5. The molecule has 0 radical (unpaired) electrons. The fourth-order valence-electron chi connectivity index (χ4n) is 3.61. The van der Waals surface area contributed by atoms with E-state index in [0.717, 1.165) is 23.4 Å². The lowest BCUT2D eigenvalue weighted by Gasteiger charge is -2.34. The second kappa shape index (κ2) is 10.3. The number of benzene rings is 2. The Hall–Kier alpha value is -2.69. The van der Waals surface area contributed by atoms with Crippen molar-refractivity contribution in [3.05, 3.63) is 59.9 Å². The summed E-state index contributed by atoms with van der Waals surface area (Å²) < 4.78 is 45.1. The average molecular weight is 465 g/mol. The Morgan fingerprint density at radius 3 is 2.19 bits per heavy atom. The third-order valence-corrected chi connectivity index (χ3v) is 7.46. The van der Waals surface area contributed by atoms with Gasteiger partial charge >= 0.3 is 6.03 Å². The molecule has 1 heterocycles. The monoisotopic (exact) mass is 464 g/mol. The highest BCUT2D eigenvalue weighted by Crippen LogP contribution is 2.21. The van der Waals surface area contributed by atoms with Crippen LogP contribution in [0, 0.1) is 5.82 Å². The zero-order chi connectivity index (χ0) is 23.3. The normalized spacial score (nSPS) is 16.1. The maximum Gasteiger partial charge on any atom is 0.317 e. The van der Waals surface area contributed by atoms with Crippen molar-refractivity contribution in [2.24, 2.45) is 0 Å². The van der Waals surface area contributed by atoms with Gasteiger partial charge in [-0.2, -0.15) is 4.31 Å². The van der Waals surface area contributed by atoms with E-state index in [1.807, 2.05) is 43.3 Å². The molecule has 0 aromatic heterocycles. The molecule has 0 bridgehead atoms. The predicted octanol–water partition coefficient (Wildman–Crippen LogP) is 2.15. The minimum absolute atomic E-state index is 0.0231. The molecule has 10 heteroatoms. The maximum atomic E-state index is 13.1. The summed E-state index contributed by atoms with van der Waals surface area (Å²) >= 11 is 0. The second-order valence-electron chi connectivity index (χ2n) is 7.78. The minimum Gasteiger partial charge on any atom is -0.497 e. The van der Waals surface area contributed by atoms with Gasteiger partial charge in [-0.25, -0.2) is 17.6 Å². The van der Waals surface area contributed by atoms with Crippen molar-refractivity contribution in [2.45, 2.75) is 10.9 Å². The van der Waals surface area contributed by atoms with E-state index in [-0.39, 0.29) is 43.1 Å². The third kappa shape index (κ3) is 5.56. The van der Waals surface area contributed by atoms with Gasteiger partial charge < -0.3 is 19.9 Å². The Bertz CT molecular complexity index is 1010. The highest BCUT2D eigenvalue weighted by atomic mass is 32.2. The Morgan fingerprint density at radius 2 is 1.66 bits per heavy atom. The van der Waals surface area contributed by atoms with Crippen molar-refractivity contribution in [2.75, 3.05) is 53.9 Å². The number of halogens is 1. The van der Waals surface area contributed by atoms with Gasteiger partial charge in [0.05, 0.1) is 18.0 Å². The van der Waals surface area contributed by atoms with Crippen LogP contribution in [0.1, 0.15) is 11.6 Å². The minimum atomic E-state index is -3.72. The fraction of sp³-hybridized carbons (Fsp3) is 0.409. The fourth-order valence-corrected chi connectivity index (χ4v) is 5.03. The largest absolute Gasteiger partial charge is 0.497 e. The lowest BCUT2D eigenvalue weighted by molar-refractivity contribution is 0.168. The number of carbonyl (C=O) groups excluding carboxylic acids is 1. The number of methoxy groups -OCH3 is 1. The number of carbonyl (C=O) groups is 1. The van der Waals surface area contributed by atoms with Gasteiger partial charge in [-0.15, -0.1) is 0 Å². The highest BCUT2D eigenvalue weighted by molar-refractivity contribution is 7.89. The molecule has 1 saturated heterocycles. The summed E-state index contributed by atoms with van der Waals surface area (Å²) in [6.07, 6.45) is 0. The van der Waals surface area contributed by atoms with Crippen LogP contribution in [-0.4, -0.2) is 82.5 Å². The number of hydrogen-bond donors (Lipinski definition) is 1. The summed E-state index contributed by atoms with van der Waals surface area (Å²) in [5, 5.41) is 2.96. The van der Waals surface area contributed by atoms with Crippen LogP contribution < -0.4 is 10.1 Å². The van der Waals surface area contributed by atoms with E-state index in [1.54, 1.807) is 12.0 Å². The molecule has 1 atom stereocenters. The molecule has 2 aromatic rings. The first kappa shape index (κ1) is 24.0. The number of nitrogens with one attached hydrogen (secondary N) is 1. The van der Waals surface area contributed by atoms with E-state index in [9.17, 15) is 17.6 Å². The topological polar surface area (TPSA) is 82.2 Å². The number of amides is 2. The Morgan fingerprint density at radius 1 is 1.06 bits per heavy atom. The third-order valence-electron chi connectivity index (χ3n) is 5.55. The molecular weight excluding hydrogens is 435 g/mol. The average Bonchev–Trinajstić information content (AvgIpc) is 2.79. The lowest BCUT2D eigenvalue weighted by Crippen LogP contribution is -2.53. The van der Waals surface area contributed by atoms with E-state index in [1.165, 1.54) is 16.4 Å². The van der Waals surface area contributed by atoms with Gasteiger partial charge in [-0.3, -0.25) is 0 Å². The SMILES string of the molecule is COc1ccc([C@H](CNC(=O)N2CCN(S(=O)(=O)c3ccc(F)cc3)CC2)N(C)C)cc1. The number of rotatable bonds is 7. The molecule has 2 amide bonds.